The van der Waals surface area contributed by atoms with Crippen molar-refractivity contribution in [1.29, 1.82) is 0 Å². The van der Waals surface area contributed by atoms with Crippen LogP contribution >= 0.6 is 11.8 Å². The molecule has 0 aromatic heterocycles. The van der Waals surface area contributed by atoms with Gasteiger partial charge < -0.3 is 14.8 Å². The van der Waals surface area contributed by atoms with E-state index in [-0.39, 0.29) is 5.91 Å². The van der Waals surface area contributed by atoms with Crippen LogP contribution in [0.5, 0.6) is 11.5 Å². The Bertz CT molecular complexity index is 489. The number of thioether (sulfide) groups is 1. The van der Waals surface area contributed by atoms with Crippen LogP contribution in [0.3, 0.4) is 0 Å². The van der Waals surface area contributed by atoms with E-state index in [4.69, 9.17) is 9.47 Å². The molecule has 1 N–H and O–H groups in total. The van der Waals surface area contributed by atoms with Gasteiger partial charge in [0.05, 0.1) is 7.11 Å². The Balaban J connectivity index is 1.76. The van der Waals surface area contributed by atoms with Crippen LogP contribution in [0.15, 0.2) is 24.3 Å². The third kappa shape index (κ3) is 5.65. The zero-order valence-corrected chi connectivity index (χ0v) is 14.9. The molecule has 1 saturated carbocycles. The van der Waals surface area contributed by atoms with Gasteiger partial charge in [0.2, 0.25) is 0 Å². The number of carbonyl (C=O) groups is 1. The number of carbonyl (C=O) groups excluding carboxylic acids is 1. The van der Waals surface area contributed by atoms with E-state index in [2.05, 4.69) is 5.32 Å². The lowest BCUT2D eigenvalue weighted by Gasteiger charge is -2.19. The minimum absolute atomic E-state index is 0.0505. The largest absolute Gasteiger partial charge is 0.493 e. The SMILES string of the molecule is CC[C@H](Oc1ccccc1OC)C(=O)NCCSC1CCCC1. The maximum atomic E-state index is 12.3. The summed E-state index contributed by atoms with van der Waals surface area (Å²) in [7, 11) is 1.60. The number of para-hydroxylation sites is 2. The van der Waals surface area contributed by atoms with Crippen molar-refractivity contribution in [2.75, 3.05) is 19.4 Å². The van der Waals surface area contributed by atoms with Gasteiger partial charge in [-0.15, -0.1) is 0 Å². The highest BCUT2D eigenvalue weighted by molar-refractivity contribution is 7.99. The van der Waals surface area contributed by atoms with E-state index in [1.807, 2.05) is 43.0 Å². The molecule has 1 aliphatic carbocycles. The van der Waals surface area contributed by atoms with Gasteiger partial charge in [-0.05, 0) is 31.4 Å². The molecule has 128 valence electrons. The molecule has 0 unspecified atom stereocenters. The molecule has 1 aliphatic rings. The number of rotatable bonds is 9. The Kier molecular flexibility index (Phi) is 7.59. The van der Waals surface area contributed by atoms with Crippen molar-refractivity contribution in [2.24, 2.45) is 0 Å². The van der Waals surface area contributed by atoms with E-state index < -0.39 is 6.10 Å². The second-order valence-corrected chi connectivity index (χ2v) is 7.14. The van der Waals surface area contributed by atoms with Gasteiger partial charge in [0, 0.05) is 17.5 Å². The average Bonchev–Trinajstić information content (AvgIpc) is 3.10. The molecule has 5 heteroatoms. The third-order valence-electron chi connectivity index (χ3n) is 4.06. The molecular formula is C18H27NO3S. The first-order valence-electron chi connectivity index (χ1n) is 8.43. The van der Waals surface area contributed by atoms with E-state index in [0.29, 0.717) is 24.5 Å². The Labute approximate surface area is 143 Å². The molecule has 2 rings (SSSR count). The van der Waals surface area contributed by atoms with Crippen molar-refractivity contribution >= 4 is 17.7 Å². The van der Waals surface area contributed by atoms with Crippen molar-refractivity contribution in [3.05, 3.63) is 24.3 Å². The maximum Gasteiger partial charge on any atom is 0.261 e. The van der Waals surface area contributed by atoms with E-state index >= 15 is 0 Å². The Hall–Kier alpha value is -1.36. The van der Waals surface area contributed by atoms with Crippen molar-refractivity contribution in [3.63, 3.8) is 0 Å². The van der Waals surface area contributed by atoms with Gasteiger partial charge in [0.1, 0.15) is 0 Å². The van der Waals surface area contributed by atoms with Crippen molar-refractivity contribution in [1.82, 2.24) is 5.32 Å². The number of ether oxygens (including phenoxy) is 2. The number of nitrogens with one attached hydrogen (secondary N) is 1. The van der Waals surface area contributed by atoms with Gasteiger partial charge >= 0.3 is 0 Å². The Morgan fingerprint density at radius 3 is 2.65 bits per heavy atom. The summed E-state index contributed by atoms with van der Waals surface area (Å²) in [5, 5.41) is 3.78. The second kappa shape index (κ2) is 9.71. The lowest BCUT2D eigenvalue weighted by Crippen LogP contribution is -2.39. The van der Waals surface area contributed by atoms with Gasteiger partial charge in [0.25, 0.3) is 5.91 Å². The number of hydrogen-bond donors (Lipinski definition) is 1. The van der Waals surface area contributed by atoms with Crippen molar-refractivity contribution in [2.45, 2.75) is 50.4 Å². The molecule has 1 aromatic rings. The van der Waals surface area contributed by atoms with E-state index in [1.165, 1.54) is 25.7 Å². The number of hydrogen-bond acceptors (Lipinski definition) is 4. The highest BCUT2D eigenvalue weighted by Gasteiger charge is 2.20. The standard InChI is InChI=1S/C18H27NO3S/c1-3-15(22-17-11-7-6-10-16(17)21-2)18(20)19-12-13-23-14-8-4-5-9-14/h6-7,10-11,14-15H,3-5,8-9,12-13H2,1-2H3,(H,19,20)/t15-/m0/s1. The van der Waals surface area contributed by atoms with E-state index in [1.54, 1.807) is 7.11 Å². The quantitative estimate of drug-likeness (QED) is 0.699. The summed E-state index contributed by atoms with van der Waals surface area (Å²) in [4.78, 5) is 12.3. The average molecular weight is 337 g/mol. The summed E-state index contributed by atoms with van der Waals surface area (Å²) < 4.78 is 11.1. The van der Waals surface area contributed by atoms with Crippen LogP contribution in [0.1, 0.15) is 39.0 Å². The molecule has 0 aliphatic heterocycles. The van der Waals surface area contributed by atoms with Crippen molar-refractivity contribution in [3.8, 4) is 11.5 Å². The van der Waals surface area contributed by atoms with Gasteiger partial charge in [0.15, 0.2) is 17.6 Å². The summed E-state index contributed by atoms with van der Waals surface area (Å²) in [5.74, 6) is 2.18. The van der Waals surface area contributed by atoms with Crippen LogP contribution < -0.4 is 14.8 Å². The molecule has 0 spiro atoms. The molecule has 1 amide bonds. The predicted octanol–water partition coefficient (Wildman–Crippen LogP) is 3.64. The van der Waals surface area contributed by atoms with E-state index in [9.17, 15) is 4.79 Å². The Morgan fingerprint density at radius 1 is 1.30 bits per heavy atom. The van der Waals surface area contributed by atoms with Crippen LogP contribution in [0, 0.1) is 0 Å². The van der Waals surface area contributed by atoms with Crippen LogP contribution in [0.2, 0.25) is 0 Å². The van der Waals surface area contributed by atoms with Crippen molar-refractivity contribution < 1.29 is 14.3 Å². The first kappa shape index (κ1) is 18.0. The van der Waals surface area contributed by atoms with Gasteiger partial charge in [-0.3, -0.25) is 4.79 Å². The second-order valence-electron chi connectivity index (χ2n) is 5.73. The maximum absolute atomic E-state index is 12.3. The minimum Gasteiger partial charge on any atom is -0.493 e. The molecule has 4 nitrogen and oxygen atoms in total. The first-order chi connectivity index (χ1) is 11.2. The molecule has 1 fully saturated rings. The fraction of sp³-hybridized carbons (Fsp3) is 0.611. The summed E-state index contributed by atoms with van der Waals surface area (Å²) >= 11 is 1.98. The van der Waals surface area contributed by atoms with Crippen LogP contribution in [0.25, 0.3) is 0 Å². The molecule has 0 bridgehead atoms. The monoisotopic (exact) mass is 337 g/mol. The van der Waals surface area contributed by atoms with E-state index in [0.717, 1.165) is 11.0 Å². The highest BCUT2D eigenvalue weighted by Crippen LogP contribution is 2.29. The van der Waals surface area contributed by atoms with Crippen LogP contribution in [-0.4, -0.2) is 36.7 Å². The molecule has 1 atom stereocenters. The number of benzene rings is 1. The Morgan fingerprint density at radius 2 is 2.00 bits per heavy atom. The summed E-state index contributed by atoms with van der Waals surface area (Å²) in [5.41, 5.74) is 0. The normalized spacial score (nSPS) is 16.1. The molecule has 0 heterocycles. The molecular weight excluding hydrogens is 310 g/mol. The van der Waals surface area contributed by atoms with Gasteiger partial charge in [-0.25, -0.2) is 0 Å². The highest BCUT2D eigenvalue weighted by atomic mass is 32.2. The first-order valence-corrected chi connectivity index (χ1v) is 9.48. The molecule has 23 heavy (non-hydrogen) atoms. The predicted molar refractivity (Wildman–Crippen MR) is 95.4 cm³/mol. The van der Waals surface area contributed by atoms with Crippen LogP contribution in [0.4, 0.5) is 0 Å². The molecule has 1 aromatic carbocycles. The lowest BCUT2D eigenvalue weighted by atomic mass is 10.2. The molecule has 0 saturated heterocycles. The summed E-state index contributed by atoms with van der Waals surface area (Å²) in [6, 6.07) is 7.41. The smallest absolute Gasteiger partial charge is 0.261 e. The van der Waals surface area contributed by atoms with Gasteiger partial charge in [-0.2, -0.15) is 11.8 Å². The summed E-state index contributed by atoms with van der Waals surface area (Å²) in [6.07, 6.45) is 5.51. The zero-order chi connectivity index (χ0) is 16.5. The summed E-state index contributed by atoms with van der Waals surface area (Å²) in [6.45, 7) is 2.65. The fourth-order valence-electron chi connectivity index (χ4n) is 2.76. The third-order valence-corrected chi connectivity index (χ3v) is 5.44. The van der Waals surface area contributed by atoms with Gasteiger partial charge in [-0.1, -0.05) is 31.9 Å². The fourth-order valence-corrected chi connectivity index (χ4v) is 3.98. The number of methoxy groups -OCH3 is 1. The van der Waals surface area contributed by atoms with Crippen LogP contribution in [-0.2, 0) is 4.79 Å². The number of amides is 1. The minimum atomic E-state index is -0.484. The lowest BCUT2D eigenvalue weighted by molar-refractivity contribution is -0.128. The zero-order valence-electron chi connectivity index (χ0n) is 14.0. The molecule has 0 radical (unpaired) electrons. The topological polar surface area (TPSA) is 47.6 Å².